The molecule has 18 heavy (non-hydrogen) atoms. The maximum atomic E-state index is 9.32. The Morgan fingerprint density at radius 2 is 2.11 bits per heavy atom. The summed E-state index contributed by atoms with van der Waals surface area (Å²) in [5.41, 5.74) is -0.413. The number of hydrogen-bond acceptors (Lipinski definition) is 4. The minimum Gasteiger partial charge on any atom is -0.384 e. The lowest BCUT2D eigenvalue weighted by atomic mass is 9.95. The van der Waals surface area contributed by atoms with Crippen LogP contribution in [0.1, 0.15) is 33.1 Å². The molecule has 0 amide bonds. The van der Waals surface area contributed by atoms with Crippen LogP contribution >= 0.6 is 0 Å². The van der Waals surface area contributed by atoms with Crippen LogP contribution in [0.25, 0.3) is 0 Å². The highest BCUT2D eigenvalue weighted by atomic mass is 16.5. The monoisotopic (exact) mass is 253 g/mol. The Morgan fingerprint density at radius 1 is 1.44 bits per heavy atom. The molecule has 0 radical (unpaired) electrons. The molecule has 104 valence electrons. The van der Waals surface area contributed by atoms with Crippen LogP contribution in [0.5, 0.6) is 0 Å². The largest absolute Gasteiger partial charge is 0.384 e. The average molecular weight is 253 g/mol. The van der Waals surface area contributed by atoms with Crippen LogP contribution in [-0.2, 0) is 4.74 Å². The topological polar surface area (TPSA) is 48.3 Å². The van der Waals surface area contributed by atoms with Gasteiger partial charge in [0.25, 0.3) is 0 Å². The molecule has 0 aromatic heterocycles. The summed E-state index contributed by atoms with van der Waals surface area (Å²) < 4.78 is 5.21. The second kappa shape index (κ2) is 7.73. The van der Waals surface area contributed by atoms with Gasteiger partial charge in [0, 0.05) is 20.3 Å². The molecule has 1 N–H and O–H groups in total. The normalized spacial score (nSPS) is 21.4. The number of nitrogens with zero attached hydrogens (tertiary/aromatic N) is 2. The third kappa shape index (κ3) is 4.93. The molecule has 0 saturated carbocycles. The molecule has 0 bridgehead atoms. The summed E-state index contributed by atoms with van der Waals surface area (Å²) in [5, 5.41) is 12.7. The molecule has 4 heteroatoms. The fourth-order valence-corrected chi connectivity index (χ4v) is 2.53. The van der Waals surface area contributed by atoms with Crippen LogP contribution in [0, 0.1) is 17.2 Å². The third-order valence-electron chi connectivity index (χ3n) is 3.66. The van der Waals surface area contributed by atoms with Gasteiger partial charge in [-0.1, -0.05) is 6.92 Å². The molecule has 1 unspecified atom stereocenters. The van der Waals surface area contributed by atoms with Crippen molar-refractivity contribution in [2.75, 3.05) is 39.9 Å². The highest BCUT2D eigenvalue weighted by molar-refractivity contribution is 5.06. The molecule has 4 nitrogen and oxygen atoms in total. The quantitative estimate of drug-likeness (QED) is 0.749. The number of nitrogens with one attached hydrogen (secondary N) is 1. The molecule has 1 fully saturated rings. The molecule has 0 aromatic rings. The van der Waals surface area contributed by atoms with Gasteiger partial charge in [0.05, 0.1) is 6.07 Å². The summed E-state index contributed by atoms with van der Waals surface area (Å²) in [7, 11) is 1.77. The van der Waals surface area contributed by atoms with Gasteiger partial charge in [-0.3, -0.25) is 5.32 Å². The van der Waals surface area contributed by atoms with E-state index in [0.717, 1.165) is 39.2 Å². The van der Waals surface area contributed by atoms with Crippen LogP contribution in [0.2, 0.25) is 0 Å². The second-order valence-electron chi connectivity index (χ2n) is 5.55. The van der Waals surface area contributed by atoms with E-state index in [0.29, 0.717) is 5.92 Å². The number of hydrogen-bond donors (Lipinski definition) is 1. The lowest BCUT2D eigenvalue weighted by molar-refractivity contribution is 0.0915. The molecular formula is C14H27N3O. The van der Waals surface area contributed by atoms with Gasteiger partial charge in [-0.05, 0) is 51.7 Å². The Hall–Kier alpha value is -0.630. The van der Waals surface area contributed by atoms with Gasteiger partial charge in [-0.25, -0.2) is 0 Å². The predicted molar refractivity (Wildman–Crippen MR) is 73.4 cm³/mol. The van der Waals surface area contributed by atoms with Crippen molar-refractivity contribution in [1.29, 1.82) is 5.26 Å². The summed E-state index contributed by atoms with van der Waals surface area (Å²) in [6.07, 6.45) is 3.43. The lowest BCUT2D eigenvalue weighted by Crippen LogP contribution is -2.52. The van der Waals surface area contributed by atoms with Crippen LogP contribution in [0.3, 0.4) is 0 Å². The number of nitriles is 1. The van der Waals surface area contributed by atoms with Gasteiger partial charge in [-0.2, -0.15) is 5.26 Å². The molecule has 1 aliphatic heterocycles. The first-order chi connectivity index (χ1) is 8.63. The smallest absolute Gasteiger partial charge is 0.116 e. The van der Waals surface area contributed by atoms with Gasteiger partial charge in [0.15, 0.2) is 0 Å². The molecule has 1 rings (SSSR count). The maximum Gasteiger partial charge on any atom is 0.116 e. The molecule has 1 aliphatic rings. The average Bonchev–Trinajstić information content (AvgIpc) is 2.39. The molecule has 0 aliphatic carbocycles. The fraction of sp³-hybridized carbons (Fsp3) is 0.929. The summed E-state index contributed by atoms with van der Waals surface area (Å²) in [4.78, 5) is 2.40. The molecule has 0 aromatic carbocycles. The van der Waals surface area contributed by atoms with Crippen molar-refractivity contribution >= 4 is 0 Å². The van der Waals surface area contributed by atoms with E-state index < -0.39 is 5.54 Å². The van der Waals surface area contributed by atoms with Crippen molar-refractivity contribution in [3.05, 3.63) is 0 Å². The van der Waals surface area contributed by atoms with E-state index in [4.69, 9.17) is 4.74 Å². The first-order valence-corrected chi connectivity index (χ1v) is 7.01. The molecule has 0 spiro atoms. The molecular weight excluding hydrogens is 226 g/mol. The van der Waals surface area contributed by atoms with Crippen molar-refractivity contribution in [2.24, 2.45) is 5.92 Å². The van der Waals surface area contributed by atoms with Gasteiger partial charge < -0.3 is 9.64 Å². The zero-order valence-electron chi connectivity index (χ0n) is 12.0. The number of methoxy groups -OCH3 is 1. The van der Waals surface area contributed by atoms with E-state index in [2.05, 4.69) is 23.2 Å². The van der Waals surface area contributed by atoms with Gasteiger partial charge >= 0.3 is 0 Å². The fourth-order valence-electron chi connectivity index (χ4n) is 2.53. The Kier molecular flexibility index (Phi) is 6.62. The number of likely N-dealkylation sites (tertiary alicyclic amines) is 1. The Morgan fingerprint density at radius 3 is 2.61 bits per heavy atom. The van der Waals surface area contributed by atoms with E-state index in [1.165, 1.54) is 12.8 Å². The Bertz CT molecular complexity index is 269. The van der Waals surface area contributed by atoms with E-state index in [1.807, 2.05) is 6.92 Å². The standard InChI is InChI=1S/C14H27N3O/c1-4-7-16-14(2,11-15)12-17-8-5-13(6-9-17)10-18-3/h13,16H,4-10,12H2,1-3H3. The van der Waals surface area contributed by atoms with Crippen molar-refractivity contribution in [3.63, 3.8) is 0 Å². The first kappa shape index (κ1) is 15.4. The molecule has 1 heterocycles. The highest BCUT2D eigenvalue weighted by Gasteiger charge is 2.28. The number of piperidine rings is 1. The summed E-state index contributed by atoms with van der Waals surface area (Å²) in [6, 6.07) is 2.42. The van der Waals surface area contributed by atoms with Crippen LogP contribution < -0.4 is 5.32 Å². The van der Waals surface area contributed by atoms with Crippen LogP contribution in [0.15, 0.2) is 0 Å². The van der Waals surface area contributed by atoms with E-state index >= 15 is 0 Å². The minimum absolute atomic E-state index is 0.413. The summed E-state index contributed by atoms with van der Waals surface area (Å²) in [6.45, 7) is 8.90. The van der Waals surface area contributed by atoms with Crippen molar-refractivity contribution in [1.82, 2.24) is 10.2 Å². The zero-order valence-corrected chi connectivity index (χ0v) is 12.0. The maximum absolute atomic E-state index is 9.32. The van der Waals surface area contributed by atoms with E-state index in [-0.39, 0.29) is 0 Å². The van der Waals surface area contributed by atoms with Crippen molar-refractivity contribution in [3.8, 4) is 6.07 Å². The molecule has 1 atom stereocenters. The van der Waals surface area contributed by atoms with E-state index in [9.17, 15) is 5.26 Å². The van der Waals surface area contributed by atoms with Gasteiger partial charge in [-0.15, -0.1) is 0 Å². The lowest BCUT2D eigenvalue weighted by Gasteiger charge is -2.36. The molecule has 1 saturated heterocycles. The van der Waals surface area contributed by atoms with Crippen molar-refractivity contribution in [2.45, 2.75) is 38.6 Å². The first-order valence-electron chi connectivity index (χ1n) is 7.01. The van der Waals surface area contributed by atoms with Crippen LogP contribution in [-0.4, -0.2) is 50.3 Å². The Labute approximate surface area is 111 Å². The minimum atomic E-state index is -0.413. The third-order valence-corrected chi connectivity index (χ3v) is 3.66. The second-order valence-corrected chi connectivity index (χ2v) is 5.55. The number of ether oxygens (including phenoxy) is 1. The Balaban J connectivity index is 2.36. The van der Waals surface area contributed by atoms with E-state index in [1.54, 1.807) is 7.11 Å². The summed E-state index contributed by atoms with van der Waals surface area (Å²) >= 11 is 0. The van der Waals surface area contributed by atoms with Crippen molar-refractivity contribution < 1.29 is 4.74 Å². The van der Waals surface area contributed by atoms with Crippen LogP contribution in [0.4, 0.5) is 0 Å². The van der Waals surface area contributed by atoms with Gasteiger partial charge in [0.2, 0.25) is 0 Å². The summed E-state index contributed by atoms with van der Waals surface area (Å²) in [5.74, 6) is 0.697. The SMILES string of the molecule is CCCNC(C)(C#N)CN1CCC(COC)CC1. The number of rotatable bonds is 7. The van der Waals surface area contributed by atoms with Gasteiger partial charge in [0.1, 0.15) is 5.54 Å². The zero-order chi connectivity index (χ0) is 13.4. The highest BCUT2D eigenvalue weighted by Crippen LogP contribution is 2.19. The predicted octanol–water partition coefficient (Wildman–Crippen LogP) is 1.63.